The SMILES string of the molecule is O=C(CN1CCC(O)(c2cccnc2)CC1)NCc1ccccc1. The van der Waals surface area contributed by atoms with E-state index in [1.807, 2.05) is 42.5 Å². The molecule has 2 heterocycles. The van der Waals surface area contributed by atoms with Gasteiger partial charge in [-0.15, -0.1) is 0 Å². The molecule has 1 fully saturated rings. The number of piperidine rings is 1. The van der Waals surface area contributed by atoms with Crippen LogP contribution < -0.4 is 5.32 Å². The van der Waals surface area contributed by atoms with Crippen molar-refractivity contribution in [1.29, 1.82) is 0 Å². The number of nitrogens with one attached hydrogen (secondary N) is 1. The number of carbonyl (C=O) groups excluding carboxylic acids is 1. The molecule has 1 amide bonds. The number of rotatable bonds is 5. The lowest BCUT2D eigenvalue weighted by atomic mass is 9.85. The third-order valence-electron chi connectivity index (χ3n) is 4.58. The number of pyridine rings is 1. The largest absolute Gasteiger partial charge is 0.385 e. The summed E-state index contributed by atoms with van der Waals surface area (Å²) in [6.45, 7) is 2.32. The van der Waals surface area contributed by atoms with Crippen LogP contribution >= 0.6 is 0 Å². The second kappa shape index (κ2) is 7.55. The fraction of sp³-hybridized carbons (Fsp3) is 0.368. The predicted octanol–water partition coefficient (Wildman–Crippen LogP) is 1.68. The Bertz CT molecular complexity index is 653. The van der Waals surface area contributed by atoms with Gasteiger partial charge in [-0.25, -0.2) is 0 Å². The van der Waals surface area contributed by atoms with Crippen molar-refractivity contribution >= 4 is 5.91 Å². The summed E-state index contributed by atoms with van der Waals surface area (Å²) in [5.41, 5.74) is 1.12. The number of benzene rings is 1. The highest BCUT2D eigenvalue weighted by Gasteiger charge is 2.34. The molecule has 1 aliphatic heterocycles. The minimum atomic E-state index is -0.828. The summed E-state index contributed by atoms with van der Waals surface area (Å²) in [6, 6.07) is 13.6. The van der Waals surface area contributed by atoms with Crippen molar-refractivity contribution in [2.75, 3.05) is 19.6 Å². The lowest BCUT2D eigenvalue weighted by molar-refractivity contribution is -0.123. The Morgan fingerprint density at radius 2 is 1.92 bits per heavy atom. The van der Waals surface area contributed by atoms with Gasteiger partial charge in [0.15, 0.2) is 0 Å². The van der Waals surface area contributed by atoms with Crippen LogP contribution in [-0.4, -0.2) is 40.5 Å². The Labute approximate surface area is 142 Å². The van der Waals surface area contributed by atoms with Gasteiger partial charge >= 0.3 is 0 Å². The molecule has 1 saturated heterocycles. The highest BCUT2D eigenvalue weighted by atomic mass is 16.3. The first-order valence-corrected chi connectivity index (χ1v) is 8.32. The third-order valence-corrected chi connectivity index (χ3v) is 4.58. The van der Waals surface area contributed by atoms with Gasteiger partial charge in [0.25, 0.3) is 0 Å². The number of amides is 1. The molecular weight excluding hydrogens is 302 g/mol. The molecular formula is C19H23N3O2. The van der Waals surface area contributed by atoms with Crippen LogP contribution in [0.3, 0.4) is 0 Å². The Morgan fingerprint density at radius 1 is 1.17 bits per heavy atom. The lowest BCUT2D eigenvalue weighted by Gasteiger charge is -2.38. The van der Waals surface area contributed by atoms with Gasteiger partial charge in [0, 0.05) is 37.6 Å². The molecule has 3 rings (SSSR count). The number of carbonyl (C=O) groups is 1. The molecule has 24 heavy (non-hydrogen) atoms. The van der Waals surface area contributed by atoms with E-state index in [0.29, 0.717) is 39.0 Å². The van der Waals surface area contributed by atoms with E-state index < -0.39 is 5.60 Å². The lowest BCUT2D eigenvalue weighted by Crippen LogP contribution is -2.46. The van der Waals surface area contributed by atoms with E-state index >= 15 is 0 Å². The van der Waals surface area contributed by atoms with Crippen molar-refractivity contribution in [3.63, 3.8) is 0 Å². The van der Waals surface area contributed by atoms with E-state index in [4.69, 9.17) is 0 Å². The zero-order chi connectivity index (χ0) is 16.8. The zero-order valence-electron chi connectivity index (χ0n) is 13.7. The molecule has 0 atom stereocenters. The fourth-order valence-corrected chi connectivity index (χ4v) is 3.06. The number of nitrogens with zero attached hydrogens (tertiary/aromatic N) is 2. The van der Waals surface area contributed by atoms with Crippen molar-refractivity contribution < 1.29 is 9.90 Å². The van der Waals surface area contributed by atoms with Crippen LogP contribution in [0.1, 0.15) is 24.0 Å². The van der Waals surface area contributed by atoms with Crippen LogP contribution in [0.2, 0.25) is 0 Å². The molecule has 126 valence electrons. The molecule has 1 aromatic heterocycles. The van der Waals surface area contributed by atoms with Crippen LogP contribution in [0.25, 0.3) is 0 Å². The zero-order valence-corrected chi connectivity index (χ0v) is 13.7. The van der Waals surface area contributed by atoms with Crippen molar-refractivity contribution in [2.24, 2.45) is 0 Å². The fourth-order valence-electron chi connectivity index (χ4n) is 3.06. The standard InChI is InChI=1S/C19H23N3O2/c23-18(21-13-16-5-2-1-3-6-16)15-22-11-8-19(24,9-12-22)17-7-4-10-20-14-17/h1-7,10,14,24H,8-9,11-13,15H2,(H,21,23). The molecule has 0 unspecified atom stereocenters. The molecule has 0 aliphatic carbocycles. The molecule has 0 spiro atoms. The first-order chi connectivity index (χ1) is 11.7. The van der Waals surface area contributed by atoms with Crippen molar-refractivity contribution in [3.8, 4) is 0 Å². The topological polar surface area (TPSA) is 65.5 Å². The average Bonchev–Trinajstić information content (AvgIpc) is 2.64. The van der Waals surface area contributed by atoms with Crippen LogP contribution in [0.5, 0.6) is 0 Å². The van der Waals surface area contributed by atoms with Crippen molar-refractivity contribution in [2.45, 2.75) is 25.0 Å². The van der Waals surface area contributed by atoms with Crippen LogP contribution in [0, 0.1) is 0 Å². The van der Waals surface area contributed by atoms with Crippen molar-refractivity contribution in [1.82, 2.24) is 15.2 Å². The van der Waals surface area contributed by atoms with Crippen LogP contribution in [0.15, 0.2) is 54.9 Å². The number of hydrogen-bond acceptors (Lipinski definition) is 4. The summed E-state index contributed by atoms with van der Waals surface area (Å²) in [5, 5.41) is 13.7. The van der Waals surface area contributed by atoms with E-state index in [9.17, 15) is 9.90 Å². The molecule has 1 aromatic carbocycles. The minimum absolute atomic E-state index is 0.0191. The quantitative estimate of drug-likeness (QED) is 0.878. The van der Waals surface area contributed by atoms with Gasteiger partial charge < -0.3 is 10.4 Å². The van der Waals surface area contributed by atoms with Gasteiger partial charge in [-0.1, -0.05) is 36.4 Å². The molecule has 1 aliphatic rings. The summed E-state index contributed by atoms with van der Waals surface area (Å²) in [6.07, 6.45) is 4.66. The molecule has 2 N–H and O–H groups in total. The Kier molecular flexibility index (Phi) is 5.23. The van der Waals surface area contributed by atoms with Gasteiger partial charge in [-0.05, 0) is 24.5 Å². The summed E-state index contributed by atoms with van der Waals surface area (Å²) >= 11 is 0. The van der Waals surface area contributed by atoms with Gasteiger partial charge in [-0.3, -0.25) is 14.7 Å². The van der Waals surface area contributed by atoms with Gasteiger partial charge in [0.05, 0.1) is 12.1 Å². The maximum Gasteiger partial charge on any atom is 0.234 e. The Morgan fingerprint density at radius 3 is 2.58 bits per heavy atom. The first-order valence-electron chi connectivity index (χ1n) is 8.32. The number of aromatic nitrogens is 1. The second-order valence-corrected chi connectivity index (χ2v) is 6.31. The minimum Gasteiger partial charge on any atom is -0.385 e. The Hall–Kier alpha value is -2.24. The molecule has 0 radical (unpaired) electrons. The van der Waals surface area contributed by atoms with Gasteiger partial charge in [0.2, 0.25) is 5.91 Å². The Balaban J connectivity index is 1.46. The monoisotopic (exact) mass is 325 g/mol. The predicted molar refractivity (Wildman–Crippen MR) is 92.1 cm³/mol. The smallest absolute Gasteiger partial charge is 0.234 e. The highest BCUT2D eigenvalue weighted by Crippen LogP contribution is 2.31. The van der Waals surface area contributed by atoms with E-state index in [2.05, 4.69) is 15.2 Å². The number of hydrogen-bond donors (Lipinski definition) is 2. The molecule has 2 aromatic rings. The van der Waals surface area contributed by atoms with E-state index in [0.717, 1.165) is 11.1 Å². The van der Waals surface area contributed by atoms with Gasteiger partial charge in [0.1, 0.15) is 0 Å². The molecule has 5 nitrogen and oxygen atoms in total. The van der Waals surface area contributed by atoms with Crippen LogP contribution in [0.4, 0.5) is 0 Å². The number of aliphatic hydroxyl groups is 1. The molecule has 0 bridgehead atoms. The summed E-state index contributed by atoms with van der Waals surface area (Å²) in [5.74, 6) is 0.0191. The first kappa shape index (κ1) is 16.6. The second-order valence-electron chi connectivity index (χ2n) is 6.31. The van der Waals surface area contributed by atoms with Crippen LogP contribution in [-0.2, 0) is 16.9 Å². The van der Waals surface area contributed by atoms with E-state index in [1.165, 1.54) is 0 Å². The maximum absolute atomic E-state index is 12.1. The van der Waals surface area contributed by atoms with Gasteiger partial charge in [-0.2, -0.15) is 0 Å². The third kappa shape index (κ3) is 4.19. The van der Waals surface area contributed by atoms with E-state index in [-0.39, 0.29) is 5.91 Å². The number of likely N-dealkylation sites (tertiary alicyclic amines) is 1. The summed E-state index contributed by atoms with van der Waals surface area (Å²) in [7, 11) is 0. The summed E-state index contributed by atoms with van der Waals surface area (Å²) in [4.78, 5) is 18.3. The highest BCUT2D eigenvalue weighted by molar-refractivity contribution is 5.78. The summed E-state index contributed by atoms with van der Waals surface area (Å²) < 4.78 is 0. The maximum atomic E-state index is 12.1. The normalized spacial score (nSPS) is 17.4. The molecule has 5 heteroatoms. The van der Waals surface area contributed by atoms with Crippen molar-refractivity contribution in [3.05, 3.63) is 66.0 Å². The molecule has 0 saturated carbocycles. The van der Waals surface area contributed by atoms with E-state index in [1.54, 1.807) is 12.4 Å². The average molecular weight is 325 g/mol.